The van der Waals surface area contributed by atoms with E-state index in [0.717, 1.165) is 6.54 Å². The third-order valence-electron chi connectivity index (χ3n) is 8.35. The van der Waals surface area contributed by atoms with Crippen molar-refractivity contribution in [2.24, 2.45) is 5.92 Å². The van der Waals surface area contributed by atoms with Gasteiger partial charge in [0.1, 0.15) is 11.5 Å². The molecule has 1 amide bonds. The summed E-state index contributed by atoms with van der Waals surface area (Å²) < 4.78 is 5.84. The zero-order chi connectivity index (χ0) is 29.8. The van der Waals surface area contributed by atoms with E-state index in [9.17, 15) is 14.7 Å². The average molecular weight is 571 g/mol. The van der Waals surface area contributed by atoms with Gasteiger partial charge in [0.2, 0.25) is 0 Å². The molecule has 5 aromatic rings. The molecule has 3 atom stereocenters. The molecular formula is C37H34N2O4. The summed E-state index contributed by atoms with van der Waals surface area (Å²) in [5, 5.41) is 15.5. The Hall–Kier alpha value is -4.94. The highest BCUT2D eigenvalue weighted by Gasteiger charge is 2.36. The molecule has 0 aromatic heterocycles. The van der Waals surface area contributed by atoms with Gasteiger partial charge in [0.25, 0.3) is 5.91 Å². The first-order chi connectivity index (χ1) is 21.0. The van der Waals surface area contributed by atoms with Gasteiger partial charge in [-0.15, -0.1) is 0 Å². The van der Waals surface area contributed by atoms with Crippen LogP contribution in [-0.4, -0.2) is 41.5 Å². The van der Waals surface area contributed by atoms with Crippen LogP contribution in [0.5, 0.6) is 11.5 Å². The van der Waals surface area contributed by atoms with Gasteiger partial charge >= 0.3 is 5.97 Å². The second-order valence-corrected chi connectivity index (χ2v) is 11.1. The number of nitrogens with zero attached hydrogens (tertiary/aromatic N) is 1. The molecule has 0 unspecified atom stereocenters. The number of carboxylic acid groups (broad SMARTS) is 1. The Bertz CT molecular complexity index is 1730. The zero-order valence-corrected chi connectivity index (χ0v) is 24.0. The predicted octanol–water partition coefficient (Wildman–Crippen LogP) is 7.54. The molecule has 2 N–H and O–H groups in total. The van der Waals surface area contributed by atoms with Crippen molar-refractivity contribution in [2.45, 2.75) is 18.9 Å². The average Bonchev–Trinajstić information content (AvgIpc) is 3.48. The van der Waals surface area contributed by atoms with Crippen LogP contribution in [0, 0.1) is 5.92 Å². The fourth-order valence-electron chi connectivity index (χ4n) is 6.06. The van der Waals surface area contributed by atoms with E-state index in [-0.39, 0.29) is 29.3 Å². The molecule has 1 aliphatic heterocycles. The number of aromatic carboxylic acids is 1. The summed E-state index contributed by atoms with van der Waals surface area (Å²) in [5.74, 6) is 0.422. The van der Waals surface area contributed by atoms with Gasteiger partial charge in [0.15, 0.2) is 0 Å². The van der Waals surface area contributed by atoms with E-state index in [4.69, 9.17) is 4.74 Å². The predicted molar refractivity (Wildman–Crippen MR) is 169 cm³/mol. The normalized spacial score (nSPS) is 17.1. The Morgan fingerprint density at radius 3 is 2.33 bits per heavy atom. The number of hydrogen-bond acceptors (Lipinski definition) is 4. The molecule has 1 fully saturated rings. The molecule has 0 spiro atoms. The minimum atomic E-state index is -1.01. The smallest absolute Gasteiger partial charge is 0.335 e. The van der Waals surface area contributed by atoms with Crippen LogP contribution in [-0.2, 0) is 0 Å². The summed E-state index contributed by atoms with van der Waals surface area (Å²) in [6.07, 6.45) is 0. The maximum atomic E-state index is 13.7. The molecule has 5 aromatic carbocycles. The molecule has 0 radical (unpaired) electrons. The molecule has 216 valence electrons. The van der Waals surface area contributed by atoms with Crippen LogP contribution in [0.25, 0.3) is 10.8 Å². The molecule has 6 heteroatoms. The van der Waals surface area contributed by atoms with Crippen molar-refractivity contribution in [2.75, 3.05) is 19.6 Å². The van der Waals surface area contributed by atoms with Gasteiger partial charge in [0.05, 0.1) is 5.56 Å². The summed E-state index contributed by atoms with van der Waals surface area (Å²) in [6.45, 7) is 4.31. The van der Waals surface area contributed by atoms with E-state index in [1.807, 2.05) is 11.0 Å². The van der Waals surface area contributed by atoms with Gasteiger partial charge < -0.3 is 20.1 Å². The summed E-state index contributed by atoms with van der Waals surface area (Å²) >= 11 is 0. The van der Waals surface area contributed by atoms with Crippen molar-refractivity contribution >= 4 is 22.6 Å². The van der Waals surface area contributed by atoms with Gasteiger partial charge in [-0.05, 0) is 77.2 Å². The molecule has 1 saturated heterocycles. The van der Waals surface area contributed by atoms with Crippen LogP contribution in [0.4, 0.5) is 0 Å². The lowest BCUT2D eigenvalue weighted by molar-refractivity contribution is 0.0695. The Balaban J connectivity index is 1.15. The van der Waals surface area contributed by atoms with Crippen molar-refractivity contribution in [1.82, 2.24) is 10.2 Å². The fourth-order valence-corrected chi connectivity index (χ4v) is 6.06. The highest BCUT2D eigenvalue weighted by molar-refractivity contribution is 5.94. The molecule has 0 saturated carbocycles. The molecule has 6 rings (SSSR count). The number of nitrogens with one attached hydrogen (secondary N) is 1. The fraction of sp³-hybridized carbons (Fsp3) is 0.189. The number of carbonyl (C=O) groups is 2. The quantitative estimate of drug-likeness (QED) is 0.191. The van der Waals surface area contributed by atoms with Crippen LogP contribution in [0.3, 0.4) is 0 Å². The van der Waals surface area contributed by atoms with Gasteiger partial charge in [-0.2, -0.15) is 0 Å². The topological polar surface area (TPSA) is 78.9 Å². The van der Waals surface area contributed by atoms with E-state index in [2.05, 4.69) is 79.0 Å². The van der Waals surface area contributed by atoms with Gasteiger partial charge in [0, 0.05) is 37.2 Å². The van der Waals surface area contributed by atoms with Crippen LogP contribution >= 0.6 is 0 Å². The van der Waals surface area contributed by atoms with Crippen molar-refractivity contribution in [3.05, 3.63) is 144 Å². The lowest BCUT2D eigenvalue weighted by Gasteiger charge is -2.23. The van der Waals surface area contributed by atoms with Crippen molar-refractivity contribution < 1.29 is 19.4 Å². The first-order valence-electron chi connectivity index (χ1n) is 14.6. The minimum absolute atomic E-state index is 0.00930. The van der Waals surface area contributed by atoms with E-state index in [1.165, 1.54) is 34.0 Å². The number of likely N-dealkylation sites (tertiary alicyclic amines) is 1. The number of amides is 1. The van der Waals surface area contributed by atoms with E-state index >= 15 is 0 Å². The summed E-state index contributed by atoms with van der Waals surface area (Å²) in [6, 6.07) is 38.9. The van der Waals surface area contributed by atoms with Crippen LogP contribution in [0.15, 0.2) is 121 Å². The van der Waals surface area contributed by atoms with Crippen LogP contribution in [0.2, 0.25) is 0 Å². The Kier molecular flexibility index (Phi) is 8.20. The van der Waals surface area contributed by atoms with Gasteiger partial charge in [-0.3, -0.25) is 4.79 Å². The summed E-state index contributed by atoms with van der Waals surface area (Å²) in [4.78, 5) is 26.9. The number of ether oxygens (including phenoxy) is 1. The number of benzene rings is 5. The largest absolute Gasteiger partial charge is 0.478 e. The lowest BCUT2D eigenvalue weighted by Crippen LogP contribution is -2.32. The SMILES string of the molecule is C[C@@H](NC[C@H]1CN(C(=O)c2ccc(Oc3cccc(C(=O)O)c3)cc2)C[C@@H]1c1ccccc1)c1cccc2ccccc12. The maximum absolute atomic E-state index is 13.7. The van der Waals surface area contributed by atoms with E-state index in [0.29, 0.717) is 30.2 Å². The summed E-state index contributed by atoms with van der Waals surface area (Å²) in [7, 11) is 0. The molecule has 1 aliphatic rings. The lowest BCUT2D eigenvalue weighted by atomic mass is 9.88. The second kappa shape index (κ2) is 12.5. The molecular weight excluding hydrogens is 536 g/mol. The number of rotatable bonds is 9. The van der Waals surface area contributed by atoms with Crippen LogP contribution < -0.4 is 10.1 Å². The minimum Gasteiger partial charge on any atom is -0.478 e. The molecule has 43 heavy (non-hydrogen) atoms. The highest BCUT2D eigenvalue weighted by atomic mass is 16.5. The second-order valence-electron chi connectivity index (χ2n) is 11.1. The number of hydrogen-bond donors (Lipinski definition) is 2. The van der Waals surface area contributed by atoms with E-state index in [1.54, 1.807) is 36.4 Å². The number of carboxylic acids is 1. The van der Waals surface area contributed by atoms with Crippen LogP contribution in [0.1, 0.15) is 50.7 Å². The first kappa shape index (κ1) is 28.2. The maximum Gasteiger partial charge on any atom is 0.335 e. The third kappa shape index (κ3) is 6.30. The van der Waals surface area contributed by atoms with E-state index < -0.39 is 5.97 Å². The number of carbonyl (C=O) groups excluding carboxylic acids is 1. The Labute approximate surface area is 251 Å². The first-order valence-corrected chi connectivity index (χ1v) is 14.6. The zero-order valence-electron chi connectivity index (χ0n) is 24.0. The highest BCUT2D eigenvalue weighted by Crippen LogP contribution is 2.34. The van der Waals surface area contributed by atoms with Crippen molar-refractivity contribution in [3.63, 3.8) is 0 Å². The summed E-state index contributed by atoms with van der Waals surface area (Å²) in [5.41, 5.74) is 3.27. The standard InChI is InChI=1S/C37H34N2O4/c1-25(33-16-8-12-26-11-5-6-15-34(26)33)38-22-30-23-39(24-35(30)27-9-3-2-4-10-27)36(40)28-17-19-31(20-18-28)43-32-14-7-13-29(21-32)37(41)42/h2-21,25,30,35,38H,22-24H2,1H3,(H,41,42)/t25-,30+,35-/m1/s1. The Morgan fingerprint density at radius 1 is 0.814 bits per heavy atom. The third-order valence-corrected chi connectivity index (χ3v) is 8.35. The monoisotopic (exact) mass is 570 g/mol. The molecule has 0 bridgehead atoms. The Morgan fingerprint density at radius 2 is 1.53 bits per heavy atom. The van der Waals surface area contributed by atoms with Gasteiger partial charge in [-0.25, -0.2) is 4.79 Å². The van der Waals surface area contributed by atoms with Gasteiger partial charge in [-0.1, -0.05) is 78.9 Å². The number of fused-ring (bicyclic) bond motifs is 1. The van der Waals surface area contributed by atoms with Crippen molar-refractivity contribution in [1.29, 1.82) is 0 Å². The molecule has 1 heterocycles. The molecule has 6 nitrogen and oxygen atoms in total. The molecule has 0 aliphatic carbocycles. The van der Waals surface area contributed by atoms with Crippen molar-refractivity contribution in [3.8, 4) is 11.5 Å².